The van der Waals surface area contributed by atoms with Crippen LogP contribution in [0.1, 0.15) is 37.7 Å². The average molecular weight is 302 g/mol. The van der Waals surface area contributed by atoms with Gasteiger partial charge in [0.2, 0.25) is 0 Å². The molecule has 4 nitrogen and oxygen atoms in total. The zero-order valence-corrected chi connectivity index (χ0v) is 13.2. The summed E-state index contributed by atoms with van der Waals surface area (Å²) in [6, 6.07) is 4.22. The highest BCUT2D eigenvalue weighted by Gasteiger charge is 2.43. The zero-order valence-electron chi connectivity index (χ0n) is 13.2. The second-order valence-electron chi connectivity index (χ2n) is 7.23. The molecule has 120 valence electrons. The average Bonchev–Trinajstić information content (AvgIpc) is 3.31. The fraction of sp³-hybridized carbons (Fsp3) is 0.722. The summed E-state index contributed by atoms with van der Waals surface area (Å²) in [5.41, 5.74) is 1.45. The molecule has 22 heavy (non-hydrogen) atoms. The van der Waals surface area contributed by atoms with E-state index in [1.165, 1.54) is 18.4 Å². The van der Waals surface area contributed by atoms with Crippen LogP contribution in [-0.2, 0) is 16.0 Å². The first-order valence-electron chi connectivity index (χ1n) is 8.68. The Kier molecular flexibility index (Phi) is 4.16. The minimum absolute atomic E-state index is 0.100. The Morgan fingerprint density at radius 2 is 2.00 bits per heavy atom. The minimum atomic E-state index is 0.100. The van der Waals surface area contributed by atoms with Gasteiger partial charge in [-0.3, -0.25) is 9.88 Å². The van der Waals surface area contributed by atoms with E-state index in [0.717, 1.165) is 58.0 Å². The van der Waals surface area contributed by atoms with Gasteiger partial charge in [-0.25, -0.2) is 0 Å². The van der Waals surface area contributed by atoms with Crippen LogP contribution in [0.25, 0.3) is 0 Å². The van der Waals surface area contributed by atoms with Crippen LogP contribution in [0, 0.1) is 5.92 Å². The molecular formula is C18H26N2O2. The SMILES string of the molecule is c1cc(CN2CCC3(CC2)CC(OCC2CC2)CO3)ccn1. The van der Waals surface area contributed by atoms with Crippen molar-refractivity contribution in [2.75, 3.05) is 26.3 Å². The van der Waals surface area contributed by atoms with Gasteiger partial charge in [-0.15, -0.1) is 0 Å². The number of likely N-dealkylation sites (tertiary alicyclic amines) is 1. The number of rotatable bonds is 5. The lowest BCUT2D eigenvalue weighted by Crippen LogP contribution is -2.43. The van der Waals surface area contributed by atoms with Gasteiger partial charge in [-0.1, -0.05) is 0 Å². The molecule has 1 saturated carbocycles. The second-order valence-corrected chi connectivity index (χ2v) is 7.23. The molecule has 1 spiro atoms. The van der Waals surface area contributed by atoms with E-state index in [2.05, 4.69) is 22.0 Å². The molecule has 4 heteroatoms. The van der Waals surface area contributed by atoms with Gasteiger partial charge in [0.1, 0.15) is 0 Å². The molecule has 1 aliphatic carbocycles. The topological polar surface area (TPSA) is 34.6 Å². The summed E-state index contributed by atoms with van der Waals surface area (Å²) in [5.74, 6) is 0.846. The summed E-state index contributed by atoms with van der Waals surface area (Å²) in [4.78, 5) is 6.62. The minimum Gasteiger partial charge on any atom is -0.375 e. The Labute approximate surface area is 132 Å². The number of nitrogens with zero attached hydrogens (tertiary/aromatic N) is 2. The van der Waals surface area contributed by atoms with Crippen molar-refractivity contribution in [1.82, 2.24) is 9.88 Å². The van der Waals surface area contributed by atoms with Crippen molar-refractivity contribution in [1.29, 1.82) is 0 Å². The monoisotopic (exact) mass is 302 g/mol. The second kappa shape index (κ2) is 6.26. The Morgan fingerprint density at radius 3 is 2.73 bits per heavy atom. The molecule has 3 heterocycles. The number of aromatic nitrogens is 1. The summed E-state index contributed by atoms with van der Waals surface area (Å²) in [7, 11) is 0. The van der Waals surface area contributed by atoms with Crippen LogP contribution < -0.4 is 0 Å². The molecule has 2 aliphatic heterocycles. The fourth-order valence-corrected chi connectivity index (χ4v) is 3.68. The van der Waals surface area contributed by atoms with Crippen LogP contribution >= 0.6 is 0 Å². The van der Waals surface area contributed by atoms with Crippen LogP contribution in [0.2, 0.25) is 0 Å². The Balaban J connectivity index is 1.24. The highest BCUT2D eigenvalue weighted by Crippen LogP contribution is 2.38. The van der Waals surface area contributed by atoms with Crippen molar-refractivity contribution in [2.24, 2.45) is 5.92 Å². The molecule has 1 unspecified atom stereocenters. The van der Waals surface area contributed by atoms with Crippen molar-refractivity contribution in [2.45, 2.75) is 50.4 Å². The molecule has 0 amide bonds. The van der Waals surface area contributed by atoms with Crippen LogP contribution in [0.15, 0.2) is 24.5 Å². The molecule has 2 saturated heterocycles. The molecule has 3 fully saturated rings. The lowest BCUT2D eigenvalue weighted by Gasteiger charge is -2.38. The van der Waals surface area contributed by atoms with E-state index < -0.39 is 0 Å². The summed E-state index contributed by atoms with van der Waals surface area (Å²) in [5, 5.41) is 0. The maximum Gasteiger partial charge on any atom is 0.0836 e. The first-order chi connectivity index (χ1) is 10.8. The van der Waals surface area contributed by atoms with Gasteiger partial charge < -0.3 is 9.47 Å². The van der Waals surface area contributed by atoms with Crippen LogP contribution in [0.3, 0.4) is 0 Å². The van der Waals surface area contributed by atoms with Crippen molar-refractivity contribution in [3.05, 3.63) is 30.1 Å². The Hall–Kier alpha value is -0.970. The molecule has 0 N–H and O–H groups in total. The van der Waals surface area contributed by atoms with Gasteiger partial charge in [0, 0.05) is 45.1 Å². The molecule has 0 aromatic carbocycles. The maximum atomic E-state index is 6.18. The van der Waals surface area contributed by atoms with Crippen molar-refractivity contribution in [3.63, 3.8) is 0 Å². The van der Waals surface area contributed by atoms with E-state index in [1.54, 1.807) is 0 Å². The number of ether oxygens (including phenoxy) is 2. The van der Waals surface area contributed by atoms with Gasteiger partial charge in [0.25, 0.3) is 0 Å². The fourth-order valence-electron chi connectivity index (χ4n) is 3.68. The van der Waals surface area contributed by atoms with E-state index in [9.17, 15) is 0 Å². The maximum absolute atomic E-state index is 6.18. The Bertz CT molecular complexity index is 481. The number of hydrogen-bond donors (Lipinski definition) is 0. The number of hydrogen-bond acceptors (Lipinski definition) is 4. The third-order valence-electron chi connectivity index (χ3n) is 5.36. The predicted octanol–water partition coefficient (Wildman–Crippen LogP) is 2.63. The van der Waals surface area contributed by atoms with Gasteiger partial charge in [-0.2, -0.15) is 0 Å². The van der Waals surface area contributed by atoms with E-state index >= 15 is 0 Å². The first kappa shape index (κ1) is 14.6. The molecule has 1 aromatic heterocycles. The molecule has 4 rings (SSSR count). The normalized spacial score (nSPS) is 28.3. The molecule has 1 aromatic rings. The van der Waals surface area contributed by atoms with Crippen molar-refractivity contribution >= 4 is 0 Å². The van der Waals surface area contributed by atoms with Crippen LogP contribution in [0.4, 0.5) is 0 Å². The molecule has 0 radical (unpaired) electrons. The molecule has 3 aliphatic rings. The van der Waals surface area contributed by atoms with Crippen LogP contribution in [-0.4, -0.2) is 47.9 Å². The number of piperidine rings is 1. The van der Waals surface area contributed by atoms with Crippen molar-refractivity contribution in [3.8, 4) is 0 Å². The quantitative estimate of drug-likeness (QED) is 0.837. The third-order valence-corrected chi connectivity index (χ3v) is 5.36. The highest BCUT2D eigenvalue weighted by molar-refractivity contribution is 5.09. The van der Waals surface area contributed by atoms with E-state index in [1.807, 2.05) is 12.4 Å². The van der Waals surface area contributed by atoms with E-state index in [4.69, 9.17) is 9.47 Å². The summed E-state index contributed by atoms with van der Waals surface area (Å²) in [6.07, 6.45) is 10.2. The first-order valence-corrected chi connectivity index (χ1v) is 8.68. The molecule has 0 bridgehead atoms. The summed E-state index contributed by atoms with van der Waals surface area (Å²) < 4.78 is 12.2. The largest absolute Gasteiger partial charge is 0.375 e. The van der Waals surface area contributed by atoms with Gasteiger partial charge in [0.05, 0.1) is 18.3 Å². The van der Waals surface area contributed by atoms with Crippen LogP contribution in [0.5, 0.6) is 0 Å². The standard InChI is InChI=1S/C18H26N2O2/c1-2-16(1)13-21-17-11-18(22-14-17)5-9-20(10-6-18)12-15-3-7-19-8-4-15/h3-4,7-8,16-17H,1-2,5-6,9-14H2. The summed E-state index contributed by atoms with van der Waals surface area (Å²) in [6.45, 7) is 5.03. The predicted molar refractivity (Wildman–Crippen MR) is 84.5 cm³/mol. The zero-order chi connectivity index (χ0) is 14.8. The van der Waals surface area contributed by atoms with E-state index in [-0.39, 0.29) is 5.60 Å². The molecule has 1 atom stereocenters. The molecular weight excluding hydrogens is 276 g/mol. The highest BCUT2D eigenvalue weighted by atomic mass is 16.6. The van der Waals surface area contributed by atoms with E-state index in [0.29, 0.717) is 6.10 Å². The van der Waals surface area contributed by atoms with Gasteiger partial charge >= 0.3 is 0 Å². The smallest absolute Gasteiger partial charge is 0.0836 e. The summed E-state index contributed by atoms with van der Waals surface area (Å²) >= 11 is 0. The third kappa shape index (κ3) is 3.50. The van der Waals surface area contributed by atoms with Crippen molar-refractivity contribution < 1.29 is 9.47 Å². The number of pyridine rings is 1. The van der Waals surface area contributed by atoms with Gasteiger partial charge in [0.15, 0.2) is 0 Å². The lowest BCUT2D eigenvalue weighted by molar-refractivity contribution is -0.0466. The Morgan fingerprint density at radius 1 is 1.23 bits per heavy atom. The van der Waals surface area contributed by atoms with Gasteiger partial charge in [-0.05, 0) is 49.3 Å². The lowest BCUT2D eigenvalue weighted by atomic mass is 9.88.